The van der Waals surface area contributed by atoms with E-state index in [1.54, 1.807) is 22.7 Å². The Labute approximate surface area is 190 Å². The number of hydrogen-bond acceptors (Lipinski definition) is 6. The van der Waals surface area contributed by atoms with Crippen LogP contribution in [0.4, 0.5) is 0 Å². The molecule has 0 radical (unpaired) electrons. The zero-order valence-corrected chi connectivity index (χ0v) is 19.5. The molecule has 0 bridgehead atoms. The number of thiophene rings is 1. The molecular weight excluding hydrogens is 428 g/mol. The highest BCUT2D eigenvalue weighted by atomic mass is 32.1. The molecule has 7 heteroatoms. The highest BCUT2D eigenvalue weighted by molar-refractivity contribution is 7.15. The Kier molecular flexibility index (Phi) is 5.71. The van der Waals surface area contributed by atoms with Gasteiger partial charge in [-0.15, -0.1) is 22.7 Å². The van der Waals surface area contributed by atoms with Gasteiger partial charge in [0.25, 0.3) is 0 Å². The van der Waals surface area contributed by atoms with Gasteiger partial charge in [-0.1, -0.05) is 0 Å². The maximum absolute atomic E-state index is 12.7. The average molecular weight is 455 g/mol. The van der Waals surface area contributed by atoms with Gasteiger partial charge in [-0.05, 0) is 56.5 Å². The maximum atomic E-state index is 12.7. The highest BCUT2D eigenvalue weighted by Gasteiger charge is 2.34. The highest BCUT2D eigenvalue weighted by Crippen LogP contribution is 2.41. The summed E-state index contributed by atoms with van der Waals surface area (Å²) >= 11 is 3.43. The average Bonchev–Trinajstić information content (AvgIpc) is 3.45. The summed E-state index contributed by atoms with van der Waals surface area (Å²) < 4.78 is 12.4. The first kappa shape index (κ1) is 20.5. The van der Waals surface area contributed by atoms with Gasteiger partial charge in [0.2, 0.25) is 5.91 Å². The lowest BCUT2D eigenvalue weighted by Crippen LogP contribution is -2.33. The van der Waals surface area contributed by atoms with Crippen molar-refractivity contribution in [1.29, 1.82) is 0 Å². The Balaban J connectivity index is 1.44. The minimum atomic E-state index is 0.211. The zero-order valence-electron chi connectivity index (χ0n) is 17.8. The summed E-state index contributed by atoms with van der Waals surface area (Å²) in [5.74, 6) is 2.02. The van der Waals surface area contributed by atoms with E-state index >= 15 is 0 Å². The predicted molar refractivity (Wildman–Crippen MR) is 124 cm³/mol. The molecule has 2 aromatic heterocycles. The molecular formula is C24H26N2O3S2. The Morgan fingerprint density at radius 3 is 2.87 bits per heavy atom. The third-order valence-corrected chi connectivity index (χ3v) is 7.84. The third-order valence-electron chi connectivity index (χ3n) is 5.80. The smallest absolute Gasteiger partial charge is 0.226 e. The molecule has 1 aromatic carbocycles. The number of rotatable bonds is 6. The van der Waals surface area contributed by atoms with Crippen LogP contribution in [0.1, 0.15) is 33.9 Å². The van der Waals surface area contributed by atoms with E-state index in [2.05, 4.69) is 36.2 Å². The Morgan fingerprint density at radius 2 is 2.16 bits per heavy atom. The molecule has 1 aliphatic carbocycles. The number of carbonyl (C=O) groups excluding carboxylic acids is 1. The number of aromatic nitrogens is 1. The number of hydrogen-bond donors (Lipinski definition) is 0. The van der Waals surface area contributed by atoms with E-state index in [1.165, 1.54) is 14.6 Å². The number of nitrogens with zero attached hydrogens (tertiary/aromatic N) is 2. The Morgan fingerprint density at radius 1 is 1.29 bits per heavy atom. The van der Waals surface area contributed by atoms with Gasteiger partial charge in [-0.2, -0.15) is 0 Å². The molecule has 31 heavy (non-hydrogen) atoms. The van der Waals surface area contributed by atoms with Gasteiger partial charge in [0.05, 0.1) is 24.4 Å². The second-order valence-corrected chi connectivity index (χ2v) is 10.4. The fourth-order valence-electron chi connectivity index (χ4n) is 3.92. The van der Waals surface area contributed by atoms with E-state index in [0.717, 1.165) is 47.6 Å². The summed E-state index contributed by atoms with van der Waals surface area (Å²) in [6, 6.07) is 8.54. The normalized spacial score (nSPS) is 15.9. The number of carbonyl (C=O) groups is 1. The first-order chi connectivity index (χ1) is 15.1. The van der Waals surface area contributed by atoms with Crippen molar-refractivity contribution in [2.75, 3.05) is 19.8 Å². The van der Waals surface area contributed by atoms with E-state index in [4.69, 9.17) is 9.47 Å². The van der Waals surface area contributed by atoms with E-state index in [1.807, 2.05) is 17.3 Å². The first-order valence-corrected chi connectivity index (χ1v) is 12.4. The molecule has 5 rings (SSSR count). The van der Waals surface area contributed by atoms with Gasteiger partial charge < -0.3 is 14.4 Å². The minimum Gasteiger partial charge on any atom is -0.489 e. The molecule has 3 aromatic rings. The van der Waals surface area contributed by atoms with Crippen LogP contribution in [0, 0.1) is 19.8 Å². The van der Waals surface area contributed by atoms with Crippen molar-refractivity contribution in [3.63, 3.8) is 0 Å². The quantitative estimate of drug-likeness (QED) is 0.511. The van der Waals surface area contributed by atoms with Crippen LogP contribution in [0.15, 0.2) is 29.8 Å². The lowest BCUT2D eigenvalue weighted by atomic mass is 10.1. The lowest BCUT2D eigenvalue weighted by molar-refractivity contribution is -0.133. The largest absolute Gasteiger partial charge is 0.489 e. The van der Waals surface area contributed by atoms with Crippen LogP contribution in [0.5, 0.6) is 11.5 Å². The molecule has 5 nitrogen and oxygen atoms in total. The number of ether oxygens (including phenoxy) is 2. The molecule has 0 saturated heterocycles. The van der Waals surface area contributed by atoms with Crippen LogP contribution in [-0.4, -0.2) is 35.5 Å². The summed E-state index contributed by atoms with van der Waals surface area (Å²) in [4.78, 5) is 22.7. The van der Waals surface area contributed by atoms with Gasteiger partial charge in [-0.25, -0.2) is 4.98 Å². The standard InChI is InChI=1S/C24H26N2O3S2/c1-15-3-6-22(31-15)18-11-19-13-26(24(27)17-4-5-17)8-10-29-23(19)20(12-18)28-9-7-21-16(2)25-14-30-21/h3,6,11-12,14,17H,4-5,7-10,13H2,1-2H3. The van der Waals surface area contributed by atoms with E-state index < -0.39 is 0 Å². The molecule has 1 fully saturated rings. The van der Waals surface area contributed by atoms with Crippen molar-refractivity contribution in [1.82, 2.24) is 9.88 Å². The summed E-state index contributed by atoms with van der Waals surface area (Å²) in [6.07, 6.45) is 2.85. The van der Waals surface area contributed by atoms with Crippen molar-refractivity contribution in [2.45, 2.75) is 39.7 Å². The fourth-order valence-corrected chi connectivity index (χ4v) is 5.54. The fraction of sp³-hybridized carbons (Fsp3) is 0.417. The number of aryl methyl sites for hydroxylation is 2. The zero-order chi connectivity index (χ0) is 21.4. The molecule has 0 unspecified atom stereocenters. The number of benzene rings is 1. The van der Waals surface area contributed by atoms with Gasteiger partial charge >= 0.3 is 0 Å². The summed E-state index contributed by atoms with van der Waals surface area (Å²) in [5.41, 5.74) is 5.09. The monoisotopic (exact) mass is 454 g/mol. The minimum absolute atomic E-state index is 0.211. The Hall–Kier alpha value is -2.38. The van der Waals surface area contributed by atoms with Crippen molar-refractivity contribution in [2.24, 2.45) is 5.92 Å². The lowest BCUT2D eigenvalue weighted by Gasteiger charge is -2.20. The molecule has 3 heterocycles. The summed E-state index contributed by atoms with van der Waals surface area (Å²) in [7, 11) is 0. The van der Waals surface area contributed by atoms with Gasteiger partial charge in [0, 0.05) is 39.1 Å². The van der Waals surface area contributed by atoms with Crippen molar-refractivity contribution in [3.8, 4) is 21.9 Å². The molecule has 1 aliphatic heterocycles. The van der Waals surface area contributed by atoms with Crippen LogP contribution < -0.4 is 9.47 Å². The summed E-state index contributed by atoms with van der Waals surface area (Å²) in [6.45, 7) is 6.41. The van der Waals surface area contributed by atoms with Gasteiger partial charge in [0.15, 0.2) is 11.5 Å². The third kappa shape index (κ3) is 4.48. The second kappa shape index (κ2) is 8.63. The van der Waals surface area contributed by atoms with Crippen molar-refractivity contribution < 1.29 is 14.3 Å². The van der Waals surface area contributed by atoms with Crippen molar-refractivity contribution in [3.05, 3.63) is 50.8 Å². The van der Waals surface area contributed by atoms with Crippen LogP contribution in [0.25, 0.3) is 10.4 Å². The number of fused-ring (bicyclic) bond motifs is 1. The number of thiazole rings is 1. The Bertz CT molecular complexity index is 1100. The van der Waals surface area contributed by atoms with E-state index in [-0.39, 0.29) is 11.8 Å². The van der Waals surface area contributed by atoms with E-state index in [9.17, 15) is 4.79 Å². The topological polar surface area (TPSA) is 51.7 Å². The molecule has 0 atom stereocenters. The van der Waals surface area contributed by atoms with Crippen LogP contribution in [0.3, 0.4) is 0 Å². The molecule has 162 valence electrons. The second-order valence-electron chi connectivity index (χ2n) is 8.21. The molecule has 0 N–H and O–H groups in total. The first-order valence-electron chi connectivity index (χ1n) is 10.8. The van der Waals surface area contributed by atoms with Crippen LogP contribution in [0.2, 0.25) is 0 Å². The number of amides is 1. The van der Waals surface area contributed by atoms with Gasteiger partial charge in [0.1, 0.15) is 6.61 Å². The molecule has 0 spiro atoms. The van der Waals surface area contributed by atoms with Crippen LogP contribution >= 0.6 is 22.7 Å². The maximum Gasteiger partial charge on any atom is 0.226 e. The van der Waals surface area contributed by atoms with Crippen LogP contribution in [-0.2, 0) is 17.8 Å². The molecule has 1 saturated carbocycles. The van der Waals surface area contributed by atoms with E-state index in [0.29, 0.717) is 26.3 Å². The predicted octanol–water partition coefficient (Wildman–Crippen LogP) is 5.24. The summed E-state index contributed by atoms with van der Waals surface area (Å²) in [5, 5.41) is 0. The molecule has 1 amide bonds. The van der Waals surface area contributed by atoms with Crippen molar-refractivity contribution >= 4 is 28.6 Å². The van der Waals surface area contributed by atoms with Gasteiger partial charge in [-0.3, -0.25) is 4.79 Å². The SMILES string of the molecule is Cc1ccc(-c2cc3c(c(OCCc4scnc4C)c2)OCCN(C(=O)C2CC2)C3)s1. The molecule has 2 aliphatic rings.